The van der Waals surface area contributed by atoms with Crippen molar-refractivity contribution in [1.82, 2.24) is 15.5 Å². The molecule has 30 heavy (non-hydrogen) atoms. The maximum atomic E-state index is 13.0. The van der Waals surface area contributed by atoms with Gasteiger partial charge < -0.3 is 15.4 Å². The van der Waals surface area contributed by atoms with E-state index in [0.717, 1.165) is 30.6 Å². The van der Waals surface area contributed by atoms with E-state index in [-0.39, 0.29) is 6.04 Å². The van der Waals surface area contributed by atoms with Crippen molar-refractivity contribution in [2.75, 3.05) is 6.54 Å². The van der Waals surface area contributed by atoms with Crippen molar-refractivity contribution in [1.29, 1.82) is 0 Å². The largest absolute Gasteiger partial charge is 0.446 e. The maximum absolute atomic E-state index is 13.0. The molecule has 2 N–H and O–H groups in total. The fourth-order valence-electron chi connectivity index (χ4n) is 3.84. The molecule has 8 heteroatoms. The highest BCUT2D eigenvalue weighted by molar-refractivity contribution is 6.08. The predicted molar refractivity (Wildman–Crippen MR) is 109 cm³/mol. The third-order valence-electron chi connectivity index (χ3n) is 5.40. The molecule has 1 atom stereocenters. The first-order valence-electron chi connectivity index (χ1n) is 10.6. The fourth-order valence-corrected chi connectivity index (χ4v) is 3.84. The SMILES string of the molecule is CCCC1(CCC)NC(=O)N(CC(=O)O[C@@H](C(=O)NC2CC2)c2ccccc2)C1=O. The zero-order chi connectivity index (χ0) is 21.7. The molecule has 2 fully saturated rings. The molecule has 1 aromatic carbocycles. The van der Waals surface area contributed by atoms with Gasteiger partial charge in [0.15, 0.2) is 0 Å². The monoisotopic (exact) mass is 415 g/mol. The molecule has 8 nitrogen and oxygen atoms in total. The topological polar surface area (TPSA) is 105 Å². The lowest BCUT2D eigenvalue weighted by Gasteiger charge is -2.25. The van der Waals surface area contributed by atoms with E-state index >= 15 is 0 Å². The zero-order valence-corrected chi connectivity index (χ0v) is 17.5. The molecule has 0 unspecified atom stereocenters. The Morgan fingerprint density at radius 1 is 1.17 bits per heavy atom. The number of carbonyl (C=O) groups is 4. The lowest BCUT2D eigenvalue weighted by atomic mass is 9.88. The summed E-state index contributed by atoms with van der Waals surface area (Å²) in [4.78, 5) is 51.5. The van der Waals surface area contributed by atoms with Crippen LogP contribution in [0.15, 0.2) is 30.3 Å². The van der Waals surface area contributed by atoms with Crippen LogP contribution in [0.2, 0.25) is 0 Å². The molecule has 1 aliphatic heterocycles. The van der Waals surface area contributed by atoms with Crippen LogP contribution in [0.4, 0.5) is 4.79 Å². The standard InChI is InChI=1S/C22H29N3O5/c1-3-12-22(13-4-2)20(28)25(21(29)24-22)14-17(26)30-18(15-8-6-5-7-9-15)19(27)23-16-10-11-16/h5-9,16,18H,3-4,10-14H2,1-2H3,(H,23,27)(H,24,29)/t18-/m1/s1. The van der Waals surface area contributed by atoms with Crippen LogP contribution >= 0.6 is 0 Å². The molecule has 1 saturated heterocycles. The van der Waals surface area contributed by atoms with E-state index in [1.54, 1.807) is 30.3 Å². The van der Waals surface area contributed by atoms with Crippen molar-refractivity contribution in [3.8, 4) is 0 Å². The summed E-state index contributed by atoms with van der Waals surface area (Å²) < 4.78 is 5.45. The number of hydrogen-bond donors (Lipinski definition) is 2. The molecule has 0 radical (unpaired) electrons. The van der Waals surface area contributed by atoms with E-state index in [9.17, 15) is 19.2 Å². The van der Waals surface area contributed by atoms with Crippen molar-refractivity contribution in [3.63, 3.8) is 0 Å². The molecule has 3 rings (SSSR count). The first-order valence-corrected chi connectivity index (χ1v) is 10.6. The third-order valence-corrected chi connectivity index (χ3v) is 5.40. The van der Waals surface area contributed by atoms with Gasteiger partial charge in [-0.3, -0.25) is 19.3 Å². The van der Waals surface area contributed by atoms with Gasteiger partial charge in [-0.1, -0.05) is 57.0 Å². The summed E-state index contributed by atoms with van der Waals surface area (Å²) in [5.74, 6) is -1.62. The van der Waals surface area contributed by atoms with E-state index < -0.39 is 42.0 Å². The molecule has 0 aromatic heterocycles. The molecule has 4 amide bonds. The molecular weight excluding hydrogens is 386 g/mol. The lowest BCUT2D eigenvalue weighted by molar-refractivity contribution is -0.158. The van der Waals surface area contributed by atoms with Crippen molar-refractivity contribution >= 4 is 23.8 Å². The maximum Gasteiger partial charge on any atom is 0.327 e. The van der Waals surface area contributed by atoms with Gasteiger partial charge in [-0.05, 0) is 25.7 Å². The minimum atomic E-state index is -1.13. The molecule has 0 bridgehead atoms. The van der Waals surface area contributed by atoms with Gasteiger partial charge in [-0.15, -0.1) is 0 Å². The molecular formula is C22H29N3O5. The lowest BCUT2D eigenvalue weighted by Crippen LogP contribution is -2.47. The van der Waals surface area contributed by atoms with Crippen LogP contribution in [0.5, 0.6) is 0 Å². The quantitative estimate of drug-likeness (QED) is 0.451. The predicted octanol–water partition coefficient (Wildman–Crippen LogP) is 2.44. The average molecular weight is 415 g/mol. The Morgan fingerprint density at radius 3 is 2.37 bits per heavy atom. The van der Waals surface area contributed by atoms with Crippen LogP contribution in [-0.2, 0) is 19.1 Å². The summed E-state index contributed by atoms with van der Waals surface area (Å²) in [6.07, 6.45) is 3.14. The Morgan fingerprint density at radius 2 is 1.80 bits per heavy atom. The molecule has 0 spiro atoms. The average Bonchev–Trinajstić information content (AvgIpc) is 3.50. The van der Waals surface area contributed by atoms with E-state index in [4.69, 9.17) is 4.74 Å². The Balaban J connectivity index is 1.71. The number of carbonyl (C=O) groups excluding carboxylic acids is 4. The van der Waals surface area contributed by atoms with Gasteiger partial charge in [0.05, 0.1) is 0 Å². The number of nitrogens with zero attached hydrogens (tertiary/aromatic N) is 1. The van der Waals surface area contributed by atoms with E-state index in [1.807, 2.05) is 13.8 Å². The molecule has 1 saturated carbocycles. The Kier molecular flexibility index (Phi) is 6.74. The van der Waals surface area contributed by atoms with E-state index in [2.05, 4.69) is 10.6 Å². The Hall–Kier alpha value is -2.90. The summed E-state index contributed by atoms with van der Waals surface area (Å²) >= 11 is 0. The van der Waals surface area contributed by atoms with Crippen molar-refractivity contribution < 1.29 is 23.9 Å². The van der Waals surface area contributed by atoms with Crippen molar-refractivity contribution in [2.24, 2.45) is 0 Å². The normalized spacial score (nSPS) is 18.7. The minimum Gasteiger partial charge on any atom is -0.446 e. The van der Waals surface area contributed by atoms with Crippen LogP contribution in [0.1, 0.15) is 64.0 Å². The smallest absolute Gasteiger partial charge is 0.327 e. The second-order valence-electron chi connectivity index (χ2n) is 7.97. The van der Waals surface area contributed by atoms with Crippen LogP contribution in [0.25, 0.3) is 0 Å². The highest BCUT2D eigenvalue weighted by atomic mass is 16.5. The summed E-state index contributed by atoms with van der Waals surface area (Å²) in [6.45, 7) is 3.35. The van der Waals surface area contributed by atoms with Gasteiger partial charge >= 0.3 is 12.0 Å². The number of amides is 4. The van der Waals surface area contributed by atoms with Crippen LogP contribution < -0.4 is 10.6 Å². The summed E-state index contributed by atoms with van der Waals surface area (Å²) in [5, 5.41) is 5.61. The summed E-state index contributed by atoms with van der Waals surface area (Å²) in [6, 6.07) is 8.21. The number of ether oxygens (including phenoxy) is 1. The number of imide groups is 1. The van der Waals surface area contributed by atoms with Crippen LogP contribution in [0, 0.1) is 0 Å². The first kappa shape index (κ1) is 21.8. The van der Waals surface area contributed by atoms with Gasteiger partial charge in [0.2, 0.25) is 6.10 Å². The number of hydrogen-bond acceptors (Lipinski definition) is 5. The van der Waals surface area contributed by atoms with Crippen molar-refractivity contribution in [3.05, 3.63) is 35.9 Å². The third kappa shape index (κ3) is 4.80. The minimum absolute atomic E-state index is 0.108. The highest BCUT2D eigenvalue weighted by Crippen LogP contribution is 2.28. The van der Waals surface area contributed by atoms with Gasteiger partial charge in [-0.25, -0.2) is 4.79 Å². The number of nitrogens with one attached hydrogen (secondary N) is 2. The zero-order valence-electron chi connectivity index (χ0n) is 17.5. The highest BCUT2D eigenvalue weighted by Gasteiger charge is 2.50. The van der Waals surface area contributed by atoms with Gasteiger partial charge in [-0.2, -0.15) is 0 Å². The Bertz CT molecular complexity index is 800. The molecule has 1 heterocycles. The first-order chi connectivity index (χ1) is 14.4. The number of urea groups is 1. The molecule has 1 aliphatic carbocycles. The van der Waals surface area contributed by atoms with Gasteiger partial charge in [0.1, 0.15) is 12.1 Å². The number of benzene rings is 1. The van der Waals surface area contributed by atoms with E-state index in [0.29, 0.717) is 18.4 Å². The summed E-state index contributed by atoms with van der Waals surface area (Å²) in [7, 11) is 0. The second kappa shape index (κ2) is 9.28. The Labute approximate surface area is 176 Å². The molecule has 1 aromatic rings. The van der Waals surface area contributed by atoms with Gasteiger partial charge in [0.25, 0.3) is 11.8 Å². The van der Waals surface area contributed by atoms with Crippen molar-refractivity contribution in [2.45, 2.75) is 70.1 Å². The number of esters is 1. The molecule has 2 aliphatic rings. The molecule has 162 valence electrons. The van der Waals surface area contributed by atoms with Crippen LogP contribution in [-0.4, -0.2) is 46.8 Å². The second-order valence-corrected chi connectivity index (χ2v) is 7.97. The van der Waals surface area contributed by atoms with Gasteiger partial charge in [0, 0.05) is 11.6 Å². The number of rotatable bonds is 10. The van der Waals surface area contributed by atoms with E-state index in [1.165, 1.54) is 0 Å². The summed E-state index contributed by atoms with van der Waals surface area (Å²) in [5.41, 5.74) is -0.434. The van der Waals surface area contributed by atoms with Crippen LogP contribution in [0.3, 0.4) is 0 Å². The fraction of sp³-hybridized carbons (Fsp3) is 0.545.